The molecule has 92 valence electrons. The SMILES string of the molecule is CC1CCC(C(C)C)C(C#N)(NCCO)C1. The van der Waals surface area contributed by atoms with Crippen LogP contribution in [-0.4, -0.2) is 23.8 Å². The maximum Gasteiger partial charge on any atom is 0.110 e. The number of aliphatic hydroxyl groups excluding tert-OH is 1. The van der Waals surface area contributed by atoms with Crippen molar-refractivity contribution in [3.05, 3.63) is 0 Å². The van der Waals surface area contributed by atoms with E-state index in [2.05, 4.69) is 32.2 Å². The molecule has 0 aromatic rings. The number of nitrogens with zero attached hydrogens (tertiary/aromatic N) is 1. The van der Waals surface area contributed by atoms with Crippen LogP contribution in [-0.2, 0) is 0 Å². The van der Waals surface area contributed by atoms with Crippen molar-refractivity contribution >= 4 is 0 Å². The lowest BCUT2D eigenvalue weighted by Gasteiger charge is -2.44. The van der Waals surface area contributed by atoms with Gasteiger partial charge < -0.3 is 5.11 Å². The summed E-state index contributed by atoms with van der Waals surface area (Å²) in [6, 6.07) is 2.49. The van der Waals surface area contributed by atoms with Crippen molar-refractivity contribution in [2.24, 2.45) is 17.8 Å². The maximum atomic E-state index is 9.51. The molecule has 0 amide bonds. The van der Waals surface area contributed by atoms with Crippen LogP contribution < -0.4 is 5.32 Å². The zero-order valence-electron chi connectivity index (χ0n) is 10.7. The van der Waals surface area contributed by atoms with Crippen LogP contribution in [0, 0.1) is 29.1 Å². The number of hydrogen-bond donors (Lipinski definition) is 2. The fraction of sp³-hybridized carbons (Fsp3) is 0.923. The van der Waals surface area contributed by atoms with Gasteiger partial charge in [-0.15, -0.1) is 0 Å². The Morgan fingerprint density at radius 3 is 2.69 bits per heavy atom. The van der Waals surface area contributed by atoms with Crippen molar-refractivity contribution in [1.29, 1.82) is 5.26 Å². The fourth-order valence-electron chi connectivity index (χ4n) is 3.07. The highest BCUT2D eigenvalue weighted by Crippen LogP contribution is 2.40. The molecule has 3 atom stereocenters. The smallest absolute Gasteiger partial charge is 0.110 e. The van der Waals surface area contributed by atoms with E-state index >= 15 is 0 Å². The molecule has 0 radical (unpaired) electrons. The van der Waals surface area contributed by atoms with E-state index in [1.807, 2.05) is 0 Å². The summed E-state index contributed by atoms with van der Waals surface area (Å²) in [5.74, 6) is 1.51. The van der Waals surface area contributed by atoms with Crippen molar-refractivity contribution in [2.45, 2.75) is 45.6 Å². The molecule has 3 nitrogen and oxygen atoms in total. The van der Waals surface area contributed by atoms with Gasteiger partial charge in [-0.3, -0.25) is 5.32 Å². The first-order valence-electron chi connectivity index (χ1n) is 6.33. The maximum absolute atomic E-state index is 9.51. The van der Waals surface area contributed by atoms with E-state index in [-0.39, 0.29) is 6.61 Å². The van der Waals surface area contributed by atoms with Crippen molar-refractivity contribution in [3.8, 4) is 6.07 Å². The minimum atomic E-state index is -0.422. The van der Waals surface area contributed by atoms with E-state index in [9.17, 15) is 5.26 Å². The Hall–Kier alpha value is -0.590. The molecule has 0 aromatic heterocycles. The molecular weight excluding hydrogens is 200 g/mol. The number of nitrogens with one attached hydrogen (secondary N) is 1. The van der Waals surface area contributed by atoms with E-state index in [1.165, 1.54) is 6.42 Å². The summed E-state index contributed by atoms with van der Waals surface area (Å²) in [5, 5.41) is 21.7. The van der Waals surface area contributed by atoms with Crippen molar-refractivity contribution in [2.75, 3.05) is 13.2 Å². The standard InChI is InChI=1S/C13H24N2O/c1-10(2)12-5-4-11(3)8-13(12,9-14)15-6-7-16/h10-12,15-16H,4-8H2,1-3H3. The highest BCUT2D eigenvalue weighted by atomic mass is 16.3. The number of aliphatic hydroxyl groups is 1. The molecule has 0 aromatic carbocycles. The molecule has 0 saturated heterocycles. The monoisotopic (exact) mass is 224 g/mol. The molecule has 3 heteroatoms. The minimum absolute atomic E-state index is 0.0998. The second kappa shape index (κ2) is 5.65. The van der Waals surface area contributed by atoms with Crippen LogP contribution in [0.1, 0.15) is 40.0 Å². The lowest BCUT2D eigenvalue weighted by atomic mass is 9.65. The second-order valence-corrected chi connectivity index (χ2v) is 5.47. The third-order valence-electron chi connectivity index (χ3n) is 3.83. The Balaban J connectivity index is 2.84. The summed E-state index contributed by atoms with van der Waals surface area (Å²) >= 11 is 0. The Labute approximate surface area is 98.8 Å². The first kappa shape index (κ1) is 13.5. The van der Waals surface area contributed by atoms with Gasteiger partial charge in [-0.05, 0) is 30.6 Å². The number of β-amino-alcohol motifs (C(OH)–C–C–N with tert-alkyl or cyclic N) is 1. The molecule has 1 saturated carbocycles. The molecule has 0 aliphatic heterocycles. The van der Waals surface area contributed by atoms with Crippen LogP contribution in [0.5, 0.6) is 0 Å². The van der Waals surface area contributed by atoms with Gasteiger partial charge in [0.1, 0.15) is 5.54 Å². The van der Waals surface area contributed by atoms with Crippen molar-refractivity contribution in [1.82, 2.24) is 5.32 Å². The zero-order valence-corrected chi connectivity index (χ0v) is 10.7. The van der Waals surface area contributed by atoms with Crippen LogP contribution in [0.2, 0.25) is 0 Å². The number of hydrogen-bond acceptors (Lipinski definition) is 3. The van der Waals surface area contributed by atoms with Gasteiger partial charge in [0.25, 0.3) is 0 Å². The average Bonchev–Trinajstić information content (AvgIpc) is 2.25. The number of nitriles is 1. The van der Waals surface area contributed by atoms with Crippen LogP contribution in [0.3, 0.4) is 0 Å². The van der Waals surface area contributed by atoms with Gasteiger partial charge in [0.2, 0.25) is 0 Å². The minimum Gasteiger partial charge on any atom is -0.395 e. The fourth-order valence-corrected chi connectivity index (χ4v) is 3.07. The molecule has 1 aliphatic rings. The summed E-state index contributed by atoms with van der Waals surface area (Å²) < 4.78 is 0. The summed E-state index contributed by atoms with van der Waals surface area (Å²) in [5.41, 5.74) is -0.422. The van der Waals surface area contributed by atoms with Crippen LogP contribution >= 0.6 is 0 Å². The molecule has 0 bridgehead atoms. The van der Waals surface area contributed by atoms with Gasteiger partial charge in [0.05, 0.1) is 12.7 Å². The molecule has 3 unspecified atom stereocenters. The first-order chi connectivity index (χ1) is 7.55. The molecule has 0 heterocycles. The lowest BCUT2D eigenvalue weighted by Crippen LogP contribution is -2.55. The summed E-state index contributed by atoms with van der Waals surface area (Å²) in [6.45, 7) is 7.20. The van der Waals surface area contributed by atoms with Gasteiger partial charge >= 0.3 is 0 Å². The van der Waals surface area contributed by atoms with Gasteiger partial charge in [-0.2, -0.15) is 5.26 Å². The second-order valence-electron chi connectivity index (χ2n) is 5.47. The highest BCUT2D eigenvalue weighted by molar-refractivity contribution is 5.14. The van der Waals surface area contributed by atoms with Gasteiger partial charge in [0, 0.05) is 6.54 Å². The highest BCUT2D eigenvalue weighted by Gasteiger charge is 2.44. The predicted molar refractivity (Wildman–Crippen MR) is 64.8 cm³/mol. The van der Waals surface area contributed by atoms with Crippen LogP contribution in [0.15, 0.2) is 0 Å². The molecule has 1 aliphatic carbocycles. The van der Waals surface area contributed by atoms with Gasteiger partial charge in [0.15, 0.2) is 0 Å². The van der Waals surface area contributed by atoms with E-state index in [4.69, 9.17) is 5.11 Å². The van der Waals surface area contributed by atoms with Crippen molar-refractivity contribution in [3.63, 3.8) is 0 Å². The number of rotatable bonds is 4. The first-order valence-corrected chi connectivity index (χ1v) is 6.33. The summed E-state index contributed by atoms with van der Waals surface area (Å²) in [4.78, 5) is 0. The Morgan fingerprint density at radius 2 is 2.19 bits per heavy atom. The van der Waals surface area contributed by atoms with E-state index < -0.39 is 5.54 Å². The van der Waals surface area contributed by atoms with E-state index in [1.54, 1.807) is 0 Å². The molecule has 16 heavy (non-hydrogen) atoms. The van der Waals surface area contributed by atoms with Gasteiger partial charge in [-0.1, -0.05) is 27.2 Å². The van der Waals surface area contributed by atoms with Crippen LogP contribution in [0.4, 0.5) is 0 Å². The normalized spacial score (nSPS) is 35.0. The predicted octanol–water partition coefficient (Wildman–Crippen LogP) is 1.92. The topological polar surface area (TPSA) is 56.0 Å². The third-order valence-corrected chi connectivity index (χ3v) is 3.83. The quantitative estimate of drug-likeness (QED) is 0.767. The zero-order chi connectivity index (χ0) is 12.2. The molecule has 2 N–H and O–H groups in total. The Kier molecular flexibility index (Phi) is 4.76. The Morgan fingerprint density at radius 1 is 1.50 bits per heavy atom. The van der Waals surface area contributed by atoms with E-state index in [0.29, 0.717) is 24.3 Å². The largest absolute Gasteiger partial charge is 0.395 e. The molecule has 1 fully saturated rings. The third kappa shape index (κ3) is 2.75. The van der Waals surface area contributed by atoms with Gasteiger partial charge in [-0.25, -0.2) is 0 Å². The lowest BCUT2D eigenvalue weighted by molar-refractivity contribution is 0.112. The summed E-state index contributed by atoms with van der Waals surface area (Å²) in [7, 11) is 0. The Bertz CT molecular complexity index is 259. The molecule has 1 rings (SSSR count). The van der Waals surface area contributed by atoms with E-state index in [0.717, 1.165) is 12.8 Å². The molecule has 0 spiro atoms. The molecular formula is C13H24N2O. The average molecular weight is 224 g/mol. The van der Waals surface area contributed by atoms with Crippen LogP contribution in [0.25, 0.3) is 0 Å². The van der Waals surface area contributed by atoms with Crippen molar-refractivity contribution < 1.29 is 5.11 Å². The summed E-state index contributed by atoms with van der Waals surface area (Å²) in [6.07, 6.45) is 3.24.